The van der Waals surface area contributed by atoms with Crippen LogP contribution in [0.15, 0.2) is 5.10 Å². The van der Waals surface area contributed by atoms with E-state index in [1.165, 1.54) is 0 Å². The van der Waals surface area contributed by atoms with Crippen LogP contribution in [0.2, 0.25) is 0 Å². The van der Waals surface area contributed by atoms with Crippen LogP contribution in [0.5, 0.6) is 0 Å². The minimum absolute atomic E-state index is 0.556. The topological polar surface area (TPSA) is 24.4 Å². The highest BCUT2D eigenvalue weighted by molar-refractivity contribution is 7.35. The summed E-state index contributed by atoms with van der Waals surface area (Å²) in [5.74, 6) is 0. The summed E-state index contributed by atoms with van der Waals surface area (Å²) in [6.07, 6.45) is 0.856. The van der Waals surface area contributed by atoms with Crippen molar-refractivity contribution in [2.24, 2.45) is 5.10 Å². The van der Waals surface area contributed by atoms with Gasteiger partial charge in [-0.15, -0.1) is 0 Å². The quantitative estimate of drug-likeness (QED) is 0.466. The Morgan fingerprint density at radius 2 is 1.79 bits per heavy atom. The number of hydrazone groups is 1. The molecule has 0 unspecified atom stereocenters. The largest absolute Gasteiger partial charge is 0.279 e. The van der Waals surface area contributed by atoms with Gasteiger partial charge in [0.2, 0.25) is 0 Å². The van der Waals surface area contributed by atoms with Crippen LogP contribution in [0.4, 0.5) is 5.69 Å². The normalized spacial score (nSPS) is 10.2. The molecule has 19 heavy (non-hydrogen) atoms. The minimum Gasteiger partial charge on any atom is -0.279 e. The summed E-state index contributed by atoms with van der Waals surface area (Å²) < 4.78 is 0. The zero-order valence-electron chi connectivity index (χ0n) is 12.5. The van der Waals surface area contributed by atoms with Crippen LogP contribution in [0, 0.1) is 13.8 Å². The Morgan fingerprint density at radius 3 is 2.21 bits per heavy atom. The summed E-state index contributed by atoms with van der Waals surface area (Å²) >= 11 is 0. The number of anilines is 1. The van der Waals surface area contributed by atoms with E-state index >= 15 is 0 Å². The van der Waals surface area contributed by atoms with Gasteiger partial charge in [-0.25, -0.2) is 0 Å². The van der Waals surface area contributed by atoms with Crippen LogP contribution in [0.25, 0.3) is 0 Å². The maximum Gasteiger partial charge on any atom is 0.114 e. The first kappa shape index (κ1) is 16.0. The molecule has 1 aromatic rings. The van der Waals surface area contributed by atoms with Crippen molar-refractivity contribution in [3.05, 3.63) is 16.7 Å². The molecule has 0 heterocycles. The van der Waals surface area contributed by atoms with E-state index in [0.717, 1.165) is 45.4 Å². The Hall–Kier alpha value is -1.05. The lowest BCUT2D eigenvalue weighted by atomic mass is 9.16. The van der Waals surface area contributed by atoms with Crippen LogP contribution < -0.4 is 16.4 Å². The van der Waals surface area contributed by atoms with E-state index in [9.17, 15) is 0 Å². The maximum absolute atomic E-state index is 6.20. The summed E-state index contributed by atoms with van der Waals surface area (Å²) in [6, 6.07) is 0. The van der Waals surface area contributed by atoms with E-state index in [1.54, 1.807) is 0 Å². The smallest absolute Gasteiger partial charge is 0.114 e. The molecular formula is C13H18B4N2. The fourth-order valence-electron chi connectivity index (χ4n) is 2.30. The van der Waals surface area contributed by atoms with Gasteiger partial charge in [-0.1, -0.05) is 29.0 Å². The zero-order chi connectivity index (χ0) is 14.7. The molecule has 1 rings (SSSR count). The number of hydrogen-bond acceptors (Lipinski definition) is 2. The van der Waals surface area contributed by atoms with Gasteiger partial charge in [-0.2, -0.15) is 5.10 Å². The van der Waals surface area contributed by atoms with E-state index in [2.05, 4.69) is 17.5 Å². The molecule has 0 bridgehead atoms. The van der Waals surface area contributed by atoms with E-state index in [4.69, 9.17) is 23.3 Å². The highest BCUT2D eigenvalue weighted by Gasteiger charge is 2.18. The predicted octanol–water partition coefficient (Wildman–Crippen LogP) is 0.500. The third-order valence-electron chi connectivity index (χ3n) is 3.31. The third kappa shape index (κ3) is 3.29. The number of hydrogen-bond donors (Lipinski definition) is 1. The van der Waals surface area contributed by atoms with Gasteiger partial charge in [0.05, 0.1) is 12.2 Å². The molecule has 0 aromatic heterocycles. The minimum atomic E-state index is -0.556. The maximum atomic E-state index is 6.20. The summed E-state index contributed by atoms with van der Waals surface area (Å²) in [7, 11) is 18.0. The molecule has 6 heteroatoms. The van der Waals surface area contributed by atoms with Crippen molar-refractivity contribution in [3.63, 3.8) is 0 Å². The average Bonchev–Trinajstić information content (AvgIpc) is 2.31. The molecule has 0 fully saturated rings. The Kier molecular flexibility index (Phi) is 5.39. The van der Waals surface area contributed by atoms with Crippen molar-refractivity contribution in [2.45, 2.75) is 41.0 Å². The lowest BCUT2D eigenvalue weighted by molar-refractivity contribution is 1.12. The van der Waals surface area contributed by atoms with Crippen LogP contribution >= 0.6 is 0 Å². The molecular weight excluding hydrogens is 227 g/mol. The first-order valence-electron chi connectivity index (χ1n) is 6.50. The van der Waals surface area contributed by atoms with Gasteiger partial charge in [0.25, 0.3) is 0 Å². The molecule has 0 saturated heterocycles. The molecule has 92 valence electrons. The average molecular weight is 246 g/mol. The second-order valence-electron chi connectivity index (χ2n) is 4.98. The number of nitrogens with zero attached hydrogens (tertiary/aromatic N) is 1. The first-order chi connectivity index (χ1) is 8.81. The van der Waals surface area contributed by atoms with E-state index < -0.39 is 6.49 Å². The molecule has 0 atom stereocenters. The molecule has 0 aliphatic carbocycles. The van der Waals surface area contributed by atoms with E-state index in [-0.39, 0.29) is 0 Å². The second kappa shape index (κ2) is 6.40. The molecule has 0 aliphatic rings. The number of benzene rings is 1. The van der Waals surface area contributed by atoms with Crippen molar-refractivity contribution >= 4 is 52.1 Å². The van der Waals surface area contributed by atoms with Crippen LogP contribution in [0.3, 0.4) is 0 Å². The van der Waals surface area contributed by atoms with Gasteiger partial charge in [0.15, 0.2) is 0 Å². The van der Waals surface area contributed by atoms with Gasteiger partial charge >= 0.3 is 0 Å². The highest BCUT2D eigenvalue weighted by atomic mass is 15.3. The van der Waals surface area contributed by atoms with Gasteiger partial charge in [0, 0.05) is 21.2 Å². The Bertz CT molecular complexity index is 506. The van der Waals surface area contributed by atoms with Crippen molar-refractivity contribution in [1.29, 1.82) is 0 Å². The fourth-order valence-corrected chi connectivity index (χ4v) is 2.30. The summed E-state index contributed by atoms with van der Waals surface area (Å²) in [6.45, 7) is 9.32. The van der Waals surface area contributed by atoms with Crippen molar-refractivity contribution in [1.82, 2.24) is 0 Å². The Morgan fingerprint density at radius 1 is 1.21 bits per heavy atom. The Labute approximate surface area is 121 Å². The van der Waals surface area contributed by atoms with Crippen LogP contribution in [0.1, 0.15) is 37.5 Å². The molecule has 0 spiro atoms. The number of nitrogens with one attached hydrogen (secondary N) is 1. The summed E-state index contributed by atoms with van der Waals surface area (Å²) in [4.78, 5) is 0. The molecule has 2 nitrogen and oxygen atoms in total. The predicted molar refractivity (Wildman–Crippen MR) is 90.0 cm³/mol. The van der Waals surface area contributed by atoms with Gasteiger partial charge < -0.3 is 0 Å². The summed E-state index contributed by atoms with van der Waals surface area (Å²) in [5.41, 5.74) is 9.56. The van der Waals surface area contributed by atoms with Crippen LogP contribution in [-0.4, -0.2) is 35.5 Å². The monoisotopic (exact) mass is 246 g/mol. The van der Waals surface area contributed by atoms with E-state index in [1.807, 2.05) is 27.7 Å². The standard InChI is InChI=1S/C13H18B4N2/c1-6-10-8(4)12(17(15)16)13(9(5)11(10)14)19-18-7(2)3/h19H,6H2,1-5H3. The molecule has 0 saturated carbocycles. The second-order valence-corrected chi connectivity index (χ2v) is 4.98. The molecule has 1 aromatic carbocycles. The molecule has 6 radical (unpaired) electrons. The number of rotatable bonds is 4. The molecule has 1 N–H and O–H groups in total. The lowest BCUT2D eigenvalue weighted by Crippen LogP contribution is -2.39. The van der Waals surface area contributed by atoms with Crippen molar-refractivity contribution < 1.29 is 0 Å². The Balaban J connectivity index is 3.55. The van der Waals surface area contributed by atoms with E-state index in [0.29, 0.717) is 0 Å². The van der Waals surface area contributed by atoms with Crippen LogP contribution in [-0.2, 0) is 6.42 Å². The fraction of sp³-hybridized carbons (Fsp3) is 0.462. The lowest BCUT2D eigenvalue weighted by Gasteiger charge is -2.24. The van der Waals surface area contributed by atoms with Gasteiger partial charge in [-0.3, -0.25) is 5.43 Å². The molecule has 0 aliphatic heterocycles. The SMILES string of the molecule is [B]B([B])c1c(C)c(CC)c([B])c(C)c1NN=C(C)C. The third-order valence-corrected chi connectivity index (χ3v) is 3.31. The zero-order valence-corrected chi connectivity index (χ0v) is 12.5. The van der Waals surface area contributed by atoms with Gasteiger partial charge in [-0.05, 0) is 39.7 Å². The highest BCUT2D eigenvalue weighted by Crippen LogP contribution is 2.17. The first-order valence-corrected chi connectivity index (χ1v) is 6.50. The van der Waals surface area contributed by atoms with Crippen molar-refractivity contribution in [3.8, 4) is 0 Å². The van der Waals surface area contributed by atoms with Gasteiger partial charge in [0.1, 0.15) is 7.85 Å². The molecule has 0 amide bonds. The summed E-state index contributed by atoms with van der Waals surface area (Å²) in [5, 5.41) is 4.24. The van der Waals surface area contributed by atoms with Crippen molar-refractivity contribution in [2.75, 3.05) is 5.43 Å².